The van der Waals surface area contributed by atoms with Crippen molar-refractivity contribution in [3.05, 3.63) is 72.5 Å². The predicted molar refractivity (Wildman–Crippen MR) is 70.9 cm³/mol. The third-order valence-corrected chi connectivity index (χ3v) is 3.27. The molecule has 18 heavy (non-hydrogen) atoms. The van der Waals surface area contributed by atoms with E-state index in [4.69, 9.17) is 9.47 Å². The normalized spacial score (nSPS) is 28.3. The molecule has 3 rings (SSSR count). The molecule has 2 atom stereocenters. The van der Waals surface area contributed by atoms with Crippen LogP contribution in [0.4, 0.5) is 0 Å². The van der Waals surface area contributed by atoms with Gasteiger partial charge in [-0.05, 0) is 17.7 Å². The van der Waals surface area contributed by atoms with Gasteiger partial charge < -0.3 is 9.47 Å². The Labute approximate surface area is 107 Å². The van der Waals surface area contributed by atoms with Crippen molar-refractivity contribution < 1.29 is 9.47 Å². The van der Waals surface area contributed by atoms with Crippen LogP contribution >= 0.6 is 0 Å². The second-order valence-electron chi connectivity index (χ2n) is 4.61. The van der Waals surface area contributed by atoms with E-state index < -0.39 is 0 Å². The van der Waals surface area contributed by atoms with Crippen LogP contribution in [0, 0.1) is 0 Å². The summed E-state index contributed by atoms with van der Waals surface area (Å²) in [6, 6.07) is 10.2. The molecule has 0 radical (unpaired) electrons. The van der Waals surface area contributed by atoms with Gasteiger partial charge in [0.15, 0.2) is 0 Å². The van der Waals surface area contributed by atoms with Crippen molar-refractivity contribution >= 4 is 0 Å². The Kier molecular flexibility index (Phi) is 3.03. The maximum Gasteiger partial charge on any atom is 0.121 e. The van der Waals surface area contributed by atoms with E-state index in [0.717, 1.165) is 6.42 Å². The standard InChI is InChI=1S/C16H16O2/c1-2-7-14(8-3-1)13-17-12-6-11-16-10-5-4-9-15(16)18-16/h1-10,12,15H,11,13H2. The number of ether oxygens (including phenoxy) is 2. The number of fused-ring (bicyclic) bond motifs is 1. The van der Waals surface area contributed by atoms with Crippen molar-refractivity contribution in [2.75, 3.05) is 0 Å². The monoisotopic (exact) mass is 240 g/mol. The fourth-order valence-electron chi connectivity index (χ4n) is 2.17. The second-order valence-corrected chi connectivity index (χ2v) is 4.61. The lowest BCUT2D eigenvalue weighted by Gasteiger charge is -2.05. The van der Waals surface area contributed by atoms with E-state index >= 15 is 0 Å². The summed E-state index contributed by atoms with van der Waals surface area (Å²) in [6.45, 7) is 0.615. The molecule has 0 amide bonds. The highest BCUT2D eigenvalue weighted by atomic mass is 16.6. The summed E-state index contributed by atoms with van der Waals surface area (Å²) in [7, 11) is 0. The van der Waals surface area contributed by atoms with Gasteiger partial charge >= 0.3 is 0 Å². The van der Waals surface area contributed by atoms with E-state index in [1.54, 1.807) is 6.26 Å². The number of benzene rings is 1. The zero-order valence-electron chi connectivity index (χ0n) is 10.2. The van der Waals surface area contributed by atoms with Crippen LogP contribution in [0.3, 0.4) is 0 Å². The highest BCUT2D eigenvalue weighted by Crippen LogP contribution is 2.44. The summed E-state index contributed by atoms with van der Waals surface area (Å²) in [6.07, 6.45) is 13.2. The molecule has 1 aromatic carbocycles. The first-order valence-corrected chi connectivity index (χ1v) is 6.23. The Morgan fingerprint density at radius 1 is 1.22 bits per heavy atom. The molecular weight excluding hydrogens is 224 g/mol. The van der Waals surface area contributed by atoms with Gasteiger partial charge in [-0.15, -0.1) is 0 Å². The van der Waals surface area contributed by atoms with E-state index in [9.17, 15) is 0 Å². The molecule has 0 spiro atoms. The lowest BCUT2D eigenvalue weighted by Crippen LogP contribution is -2.10. The molecule has 1 heterocycles. The molecule has 1 aromatic rings. The molecule has 1 aliphatic heterocycles. The summed E-state index contributed by atoms with van der Waals surface area (Å²) >= 11 is 0. The van der Waals surface area contributed by atoms with Crippen LogP contribution in [0.2, 0.25) is 0 Å². The van der Waals surface area contributed by atoms with Crippen molar-refractivity contribution in [2.45, 2.75) is 24.7 Å². The quantitative estimate of drug-likeness (QED) is 0.581. The number of allylic oxidation sites excluding steroid dienone is 2. The van der Waals surface area contributed by atoms with Gasteiger partial charge in [0.25, 0.3) is 0 Å². The summed E-state index contributed by atoms with van der Waals surface area (Å²) in [4.78, 5) is 0. The van der Waals surface area contributed by atoms with Crippen molar-refractivity contribution in [3.8, 4) is 0 Å². The van der Waals surface area contributed by atoms with E-state index in [1.807, 2.05) is 36.4 Å². The zero-order valence-corrected chi connectivity index (χ0v) is 10.2. The van der Waals surface area contributed by atoms with Gasteiger partial charge in [0.2, 0.25) is 0 Å². The van der Waals surface area contributed by atoms with Crippen LogP contribution in [0.15, 0.2) is 67.0 Å². The summed E-state index contributed by atoms with van der Waals surface area (Å²) < 4.78 is 11.1. The van der Waals surface area contributed by atoms with Gasteiger partial charge in [0, 0.05) is 6.42 Å². The van der Waals surface area contributed by atoms with Crippen LogP contribution in [-0.2, 0) is 16.1 Å². The predicted octanol–water partition coefficient (Wildman–Crippen LogP) is 3.37. The Morgan fingerprint density at radius 2 is 2.11 bits per heavy atom. The molecular formula is C16H16O2. The Balaban J connectivity index is 1.43. The number of rotatable bonds is 5. The Morgan fingerprint density at radius 3 is 2.94 bits per heavy atom. The molecule has 0 saturated carbocycles. The van der Waals surface area contributed by atoms with Gasteiger partial charge in [0.1, 0.15) is 18.3 Å². The molecule has 1 aliphatic carbocycles. The molecule has 0 bridgehead atoms. The molecule has 0 aromatic heterocycles. The van der Waals surface area contributed by atoms with E-state index in [0.29, 0.717) is 6.61 Å². The van der Waals surface area contributed by atoms with Gasteiger partial charge in [-0.1, -0.05) is 48.6 Å². The fourth-order valence-corrected chi connectivity index (χ4v) is 2.17. The summed E-state index contributed by atoms with van der Waals surface area (Å²) in [5.74, 6) is 0. The smallest absolute Gasteiger partial charge is 0.121 e. The Bertz CT molecular complexity index is 487. The first-order valence-electron chi connectivity index (χ1n) is 6.23. The van der Waals surface area contributed by atoms with Crippen molar-refractivity contribution in [1.82, 2.24) is 0 Å². The molecule has 2 aliphatic rings. The van der Waals surface area contributed by atoms with Crippen LogP contribution in [0.5, 0.6) is 0 Å². The number of hydrogen-bond donors (Lipinski definition) is 0. The minimum absolute atomic E-state index is 0.0820. The lowest BCUT2D eigenvalue weighted by atomic mass is 9.97. The SMILES string of the molecule is C1=CC2OC2(CC=COCc2ccccc2)C=C1. The number of epoxide rings is 1. The fraction of sp³-hybridized carbons (Fsp3) is 0.250. The minimum atomic E-state index is -0.0820. The minimum Gasteiger partial charge on any atom is -0.497 e. The second kappa shape index (κ2) is 4.83. The molecule has 0 N–H and O–H groups in total. The summed E-state index contributed by atoms with van der Waals surface area (Å²) in [5.41, 5.74) is 1.10. The lowest BCUT2D eigenvalue weighted by molar-refractivity contribution is 0.234. The molecule has 92 valence electrons. The third kappa shape index (κ3) is 2.39. The van der Waals surface area contributed by atoms with Crippen molar-refractivity contribution in [3.63, 3.8) is 0 Å². The van der Waals surface area contributed by atoms with Crippen molar-refractivity contribution in [1.29, 1.82) is 0 Å². The highest BCUT2D eigenvalue weighted by molar-refractivity contribution is 5.32. The van der Waals surface area contributed by atoms with Gasteiger partial charge in [-0.25, -0.2) is 0 Å². The molecule has 2 heteroatoms. The third-order valence-electron chi connectivity index (χ3n) is 3.27. The maximum atomic E-state index is 5.65. The first kappa shape index (κ1) is 11.3. The highest BCUT2D eigenvalue weighted by Gasteiger charge is 2.52. The zero-order chi connectivity index (χ0) is 12.3. The molecule has 2 unspecified atom stereocenters. The first-order chi connectivity index (χ1) is 8.89. The molecule has 1 fully saturated rings. The largest absolute Gasteiger partial charge is 0.497 e. The molecule has 1 saturated heterocycles. The Hall–Kier alpha value is -1.80. The number of hydrogen-bond acceptors (Lipinski definition) is 2. The van der Waals surface area contributed by atoms with Crippen LogP contribution in [-0.4, -0.2) is 11.7 Å². The van der Waals surface area contributed by atoms with E-state index in [-0.39, 0.29) is 11.7 Å². The molecule has 2 nitrogen and oxygen atoms in total. The van der Waals surface area contributed by atoms with Crippen LogP contribution in [0.1, 0.15) is 12.0 Å². The van der Waals surface area contributed by atoms with E-state index in [2.05, 4.69) is 24.3 Å². The van der Waals surface area contributed by atoms with Gasteiger partial charge in [-0.3, -0.25) is 0 Å². The average Bonchev–Trinajstić information content (AvgIpc) is 3.14. The van der Waals surface area contributed by atoms with Gasteiger partial charge in [0.05, 0.1) is 6.26 Å². The average molecular weight is 240 g/mol. The maximum absolute atomic E-state index is 5.65. The van der Waals surface area contributed by atoms with E-state index in [1.165, 1.54) is 5.56 Å². The topological polar surface area (TPSA) is 21.8 Å². The van der Waals surface area contributed by atoms with Crippen molar-refractivity contribution in [2.24, 2.45) is 0 Å². The summed E-state index contributed by atoms with van der Waals surface area (Å²) in [5, 5.41) is 0. The van der Waals surface area contributed by atoms with Crippen LogP contribution in [0.25, 0.3) is 0 Å². The van der Waals surface area contributed by atoms with Crippen LogP contribution < -0.4 is 0 Å². The van der Waals surface area contributed by atoms with Gasteiger partial charge in [-0.2, -0.15) is 0 Å².